The standard InChI is InChI=1S/C33H35N9O7S2/c1-48-23-10-6-20(7-11-23)16-36-51(46,47)31-28(50(44,45)19-22(34)18-43)15-14-25(26-4-3-5-27-30(26)38-33(35)37-27)29(31)32-39-41-42(40-32)17-21-8-12-24(49-2)13-9-21/h3-15,22,36,43H,16-19,34H2,1-2H3,(H3,35,37,38)/t22-/m0/s1. The number of sulfonamides is 1. The van der Waals surface area contributed by atoms with Crippen LogP contribution in [0.3, 0.4) is 0 Å². The highest BCUT2D eigenvalue weighted by Gasteiger charge is 2.35. The number of para-hydroxylation sites is 1. The molecule has 1 atom stereocenters. The molecule has 0 spiro atoms. The molecule has 0 amide bonds. The van der Waals surface area contributed by atoms with Crippen LogP contribution in [0.5, 0.6) is 11.5 Å². The number of rotatable bonds is 14. The van der Waals surface area contributed by atoms with Crippen molar-refractivity contribution < 1.29 is 31.4 Å². The highest BCUT2D eigenvalue weighted by atomic mass is 32.2. The quantitative estimate of drug-likeness (QED) is 0.108. The lowest BCUT2D eigenvalue weighted by Crippen LogP contribution is -2.34. The zero-order valence-electron chi connectivity index (χ0n) is 27.5. The first kappa shape index (κ1) is 35.4. The number of fused-ring (bicyclic) bond motifs is 1. The van der Waals surface area contributed by atoms with Crippen molar-refractivity contribution in [3.8, 4) is 34.0 Å². The average Bonchev–Trinajstić information content (AvgIpc) is 3.76. The second-order valence-corrected chi connectivity index (χ2v) is 15.2. The third-order valence-corrected chi connectivity index (χ3v) is 11.5. The Morgan fingerprint density at radius 3 is 2.22 bits per heavy atom. The van der Waals surface area contributed by atoms with Crippen LogP contribution in [0.4, 0.5) is 5.95 Å². The van der Waals surface area contributed by atoms with Gasteiger partial charge in [-0.2, -0.15) is 4.80 Å². The molecule has 266 valence electrons. The van der Waals surface area contributed by atoms with E-state index in [1.165, 1.54) is 24.0 Å². The van der Waals surface area contributed by atoms with Gasteiger partial charge in [0.1, 0.15) is 16.4 Å². The summed E-state index contributed by atoms with van der Waals surface area (Å²) in [6, 6.07) is 20.5. The second kappa shape index (κ2) is 14.4. The van der Waals surface area contributed by atoms with Gasteiger partial charge in [0.2, 0.25) is 15.8 Å². The zero-order valence-corrected chi connectivity index (χ0v) is 29.1. The number of aromatic amines is 1. The van der Waals surface area contributed by atoms with Crippen LogP contribution in [0.2, 0.25) is 0 Å². The number of nitrogens with zero attached hydrogens (tertiary/aromatic N) is 5. The maximum Gasteiger partial charge on any atom is 0.242 e. The molecule has 6 aromatic rings. The molecule has 0 radical (unpaired) electrons. The Labute approximate surface area is 293 Å². The molecule has 4 aromatic carbocycles. The Morgan fingerprint density at radius 2 is 1.57 bits per heavy atom. The predicted molar refractivity (Wildman–Crippen MR) is 189 cm³/mol. The fourth-order valence-electron chi connectivity index (χ4n) is 5.51. The fraction of sp³-hybridized carbons (Fsp3) is 0.212. The van der Waals surface area contributed by atoms with Crippen molar-refractivity contribution in [2.45, 2.75) is 28.9 Å². The molecule has 0 unspecified atom stereocenters. The Bertz CT molecular complexity index is 2400. The van der Waals surface area contributed by atoms with Crippen LogP contribution in [0.1, 0.15) is 11.1 Å². The lowest BCUT2D eigenvalue weighted by Gasteiger charge is -2.19. The Balaban J connectivity index is 1.58. The van der Waals surface area contributed by atoms with E-state index in [-0.39, 0.29) is 36.0 Å². The number of aliphatic hydroxyl groups excluding tert-OH is 1. The maximum absolute atomic E-state index is 14.5. The maximum atomic E-state index is 14.5. The molecule has 0 aliphatic carbocycles. The van der Waals surface area contributed by atoms with Gasteiger partial charge in [-0.25, -0.2) is 26.5 Å². The van der Waals surface area contributed by atoms with Gasteiger partial charge in [0, 0.05) is 18.2 Å². The van der Waals surface area contributed by atoms with Crippen LogP contribution >= 0.6 is 0 Å². The van der Waals surface area contributed by atoms with E-state index in [0.29, 0.717) is 33.7 Å². The van der Waals surface area contributed by atoms with Crippen molar-refractivity contribution in [3.63, 3.8) is 0 Å². The number of sulfone groups is 1. The Kier molecular flexibility index (Phi) is 10.0. The third-order valence-electron chi connectivity index (χ3n) is 8.00. The zero-order chi connectivity index (χ0) is 36.3. The smallest absolute Gasteiger partial charge is 0.242 e. The molecule has 7 N–H and O–H groups in total. The molecule has 2 aromatic heterocycles. The highest BCUT2D eigenvalue weighted by Crippen LogP contribution is 2.41. The highest BCUT2D eigenvalue weighted by molar-refractivity contribution is 7.93. The summed E-state index contributed by atoms with van der Waals surface area (Å²) in [6.07, 6.45) is 0. The minimum absolute atomic E-state index is 0.119. The molecule has 0 fully saturated rings. The summed E-state index contributed by atoms with van der Waals surface area (Å²) in [6.45, 7) is -0.695. The number of nitrogen functional groups attached to an aromatic ring is 1. The number of benzene rings is 4. The number of tetrazole rings is 1. The SMILES string of the molecule is COc1ccc(CNS(=O)(=O)c2c(S(=O)(=O)C[C@@H](N)CO)ccc(-c3cccc4[nH]c(N)nc34)c2-c2nnn(Cc3ccc(OC)cc3)n2)cc1. The van der Waals surface area contributed by atoms with Crippen LogP contribution < -0.4 is 25.7 Å². The van der Waals surface area contributed by atoms with Crippen molar-refractivity contribution in [3.05, 3.63) is 90.0 Å². The van der Waals surface area contributed by atoms with Crippen LogP contribution in [0, 0.1) is 0 Å². The van der Waals surface area contributed by atoms with E-state index >= 15 is 0 Å². The first-order chi connectivity index (χ1) is 24.4. The van der Waals surface area contributed by atoms with Crippen molar-refractivity contribution in [1.29, 1.82) is 0 Å². The van der Waals surface area contributed by atoms with Gasteiger partial charge in [0.15, 0.2) is 15.8 Å². The van der Waals surface area contributed by atoms with E-state index in [1.807, 2.05) is 12.1 Å². The molecular formula is C33H35N9O7S2. The summed E-state index contributed by atoms with van der Waals surface area (Å²) in [5.41, 5.74) is 14.7. The van der Waals surface area contributed by atoms with E-state index < -0.39 is 48.1 Å². The molecule has 0 aliphatic rings. The number of H-pyrrole nitrogens is 1. The molecule has 51 heavy (non-hydrogen) atoms. The summed E-state index contributed by atoms with van der Waals surface area (Å²) < 4.78 is 70.0. The number of aliphatic hydroxyl groups is 1. The number of methoxy groups -OCH3 is 2. The van der Waals surface area contributed by atoms with E-state index in [9.17, 15) is 21.9 Å². The molecule has 0 aliphatic heterocycles. The van der Waals surface area contributed by atoms with E-state index in [4.69, 9.17) is 20.9 Å². The van der Waals surface area contributed by atoms with E-state index in [2.05, 4.69) is 30.1 Å². The Morgan fingerprint density at radius 1 is 0.902 bits per heavy atom. The molecule has 16 nitrogen and oxygen atoms in total. The molecular weight excluding hydrogens is 699 g/mol. The van der Waals surface area contributed by atoms with Crippen LogP contribution in [0.25, 0.3) is 33.5 Å². The number of hydrogen-bond acceptors (Lipinski definition) is 13. The van der Waals surface area contributed by atoms with Crippen molar-refractivity contribution in [2.75, 3.05) is 32.3 Å². The van der Waals surface area contributed by atoms with Gasteiger partial charge in [-0.1, -0.05) is 42.5 Å². The third kappa shape index (κ3) is 7.54. The number of imidazole rings is 1. The fourth-order valence-corrected chi connectivity index (χ4v) is 9.04. The van der Waals surface area contributed by atoms with Gasteiger partial charge < -0.3 is 31.0 Å². The van der Waals surface area contributed by atoms with Crippen LogP contribution in [-0.2, 0) is 33.0 Å². The number of nitrogens with one attached hydrogen (secondary N) is 2. The van der Waals surface area contributed by atoms with Gasteiger partial charge in [-0.3, -0.25) is 0 Å². The minimum Gasteiger partial charge on any atom is -0.497 e. The van der Waals surface area contributed by atoms with Gasteiger partial charge in [0.25, 0.3) is 0 Å². The van der Waals surface area contributed by atoms with Crippen molar-refractivity contribution in [2.24, 2.45) is 5.73 Å². The minimum atomic E-state index is -4.69. The number of ether oxygens (including phenoxy) is 2. The summed E-state index contributed by atoms with van der Waals surface area (Å²) in [5.74, 6) is 0.426. The lowest BCUT2D eigenvalue weighted by atomic mass is 9.98. The second-order valence-electron chi connectivity index (χ2n) is 11.5. The van der Waals surface area contributed by atoms with Gasteiger partial charge in [-0.15, -0.1) is 10.2 Å². The summed E-state index contributed by atoms with van der Waals surface area (Å²) >= 11 is 0. The number of anilines is 1. The van der Waals surface area contributed by atoms with Crippen molar-refractivity contribution in [1.82, 2.24) is 34.9 Å². The van der Waals surface area contributed by atoms with Gasteiger partial charge in [0.05, 0.1) is 54.6 Å². The van der Waals surface area contributed by atoms with Gasteiger partial charge >= 0.3 is 0 Å². The summed E-state index contributed by atoms with van der Waals surface area (Å²) in [5, 5.41) is 22.6. The summed E-state index contributed by atoms with van der Waals surface area (Å²) in [4.78, 5) is 7.45. The lowest BCUT2D eigenvalue weighted by molar-refractivity contribution is 0.274. The average molecular weight is 734 g/mol. The van der Waals surface area contributed by atoms with Crippen molar-refractivity contribution >= 4 is 36.8 Å². The molecule has 0 saturated heterocycles. The van der Waals surface area contributed by atoms with E-state index in [0.717, 1.165) is 5.56 Å². The van der Waals surface area contributed by atoms with Crippen LogP contribution in [0.15, 0.2) is 88.7 Å². The molecule has 6 rings (SSSR count). The molecule has 0 bridgehead atoms. The molecule has 0 saturated carbocycles. The van der Waals surface area contributed by atoms with Crippen LogP contribution in [-0.4, -0.2) is 84.7 Å². The first-order valence-electron chi connectivity index (χ1n) is 15.5. The topological polar surface area (TPSA) is 243 Å². The monoisotopic (exact) mass is 733 g/mol. The predicted octanol–water partition coefficient (Wildman–Crippen LogP) is 2.10. The molecule has 2 heterocycles. The Hall–Kier alpha value is -5.40. The number of aromatic nitrogens is 6. The summed E-state index contributed by atoms with van der Waals surface area (Å²) in [7, 11) is -6.08. The van der Waals surface area contributed by atoms with Gasteiger partial charge in [-0.05, 0) is 58.3 Å². The first-order valence-corrected chi connectivity index (χ1v) is 18.6. The normalized spacial score (nSPS) is 12.6. The molecule has 18 heteroatoms. The number of hydrogen-bond donors (Lipinski definition) is 5. The number of nitrogens with two attached hydrogens (primary N) is 2. The largest absolute Gasteiger partial charge is 0.497 e. The van der Waals surface area contributed by atoms with E-state index in [1.54, 1.807) is 61.7 Å².